The van der Waals surface area contributed by atoms with Gasteiger partial charge in [-0.05, 0) is 48.2 Å². The van der Waals surface area contributed by atoms with E-state index in [0.717, 1.165) is 41.8 Å². The Morgan fingerprint density at radius 2 is 1.62 bits per heavy atom. The predicted molar refractivity (Wildman–Crippen MR) is 167 cm³/mol. The van der Waals surface area contributed by atoms with E-state index in [1.54, 1.807) is 42.5 Å². The number of nitrogens with zero attached hydrogens (tertiary/aromatic N) is 2. The van der Waals surface area contributed by atoms with Crippen molar-refractivity contribution in [3.63, 3.8) is 0 Å². The van der Waals surface area contributed by atoms with Crippen molar-refractivity contribution in [3.8, 4) is 5.75 Å². The smallest absolute Gasteiger partial charge is 0.244 e. The molecule has 8 nitrogen and oxygen atoms in total. The summed E-state index contributed by atoms with van der Waals surface area (Å²) in [6, 6.07) is 20.1. The summed E-state index contributed by atoms with van der Waals surface area (Å²) < 4.78 is 32.4. The van der Waals surface area contributed by atoms with E-state index in [1.165, 1.54) is 12.0 Å². The highest BCUT2D eigenvalue weighted by molar-refractivity contribution is 7.92. The molecule has 0 heterocycles. The van der Waals surface area contributed by atoms with Crippen LogP contribution in [0.1, 0.15) is 36.8 Å². The highest BCUT2D eigenvalue weighted by Crippen LogP contribution is 2.30. The molecule has 0 bridgehead atoms. The zero-order chi connectivity index (χ0) is 30.3. The summed E-state index contributed by atoms with van der Waals surface area (Å²) >= 11 is 12.5. The van der Waals surface area contributed by atoms with Gasteiger partial charge in [0.25, 0.3) is 0 Å². The van der Waals surface area contributed by atoms with Crippen LogP contribution < -0.4 is 14.4 Å². The number of hydrogen-bond acceptors (Lipinski definition) is 5. The Kier molecular flexibility index (Phi) is 10.8. The van der Waals surface area contributed by atoms with Crippen LogP contribution in [-0.4, -0.2) is 57.1 Å². The summed E-state index contributed by atoms with van der Waals surface area (Å²) in [6.45, 7) is -0.530. The molecule has 0 aromatic heterocycles. The monoisotopic (exact) mass is 631 g/mol. The van der Waals surface area contributed by atoms with Gasteiger partial charge in [0.15, 0.2) is 0 Å². The first-order valence-electron chi connectivity index (χ1n) is 13.7. The van der Waals surface area contributed by atoms with E-state index in [4.69, 9.17) is 27.9 Å². The van der Waals surface area contributed by atoms with Crippen molar-refractivity contribution in [2.45, 2.75) is 50.7 Å². The maximum atomic E-state index is 14.2. The van der Waals surface area contributed by atoms with Gasteiger partial charge in [-0.25, -0.2) is 8.42 Å². The lowest BCUT2D eigenvalue weighted by atomic mass is 10.0. The fourth-order valence-corrected chi connectivity index (χ4v) is 6.36. The van der Waals surface area contributed by atoms with Crippen LogP contribution in [0.5, 0.6) is 5.75 Å². The molecule has 2 amide bonds. The highest BCUT2D eigenvalue weighted by atomic mass is 35.5. The molecular formula is C31H35Cl2N3O5S. The largest absolute Gasteiger partial charge is 0.495 e. The van der Waals surface area contributed by atoms with Gasteiger partial charge in [0.05, 0.1) is 29.1 Å². The number of sulfonamides is 1. The lowest BCUT2D eigenvalue weighted by Crippen LogP contribution is -2.54. The fourth-order valence-electron chi connectivity index (χ4n) is 5.19. The van der Waals surface area contributed by atoms with Crippen LogP contribution in [0.2, 0.25) is 10.0 Å². The third-order valence-corrected chi connectivity index (χ3v) is 9.21. The van der Waals surface area contributed by atoms with Gasteiger partial charge in [-0.2, -0.15) is 0 Å². The van der Waals surface area contributed by atoms with Gasteiger partial charge in [-0.3, -0.25) is 13.9 Å². The topological polar surface area (TPSA) is 96.0 Å². The lowest BCUT2D eigenvalue weighted by molar-refractivity contribution is -0.140. The van der Waals surface area contributed by atoms with Crippen molar-refractivity contribution in [3.05, 3.63) is 94.0 Å². The molecule has 224 valence electrons. The molecule has 1 aliphatic carbocycles. The Bertz CT molecular complexity index is 1500. The molecule has 3 aromatic carbocycles. The molecule has 1 aliphatic rings. The molecule has 1 atom stereocenters. The number of anilines is 1. The number of ether oxygens (including phenoxy) is 1. The number of carbonyl (C=O) groups is 2. The van der Waals surface area contributed by atoms with Gasteiger partial charge >= 0.3 is 0 Å². The lowest BCUT2D eigenvalue weighted by Gasteiger charge is -2.34. The second-order valence-electron chi connectivity index (χ2n) is 10.4. The Hall–Kier alpha value is -3.27. The second kappa shape index (κ2) is 14.3. The summed E-state index contributed by atoms with van der Waals surface area (Å²) in [4.78, 5) is 29.6. The number of hydrogen-bond donors (Lipinski definition) is 1. The summed E-state index contributed by atoms with van der Waals surface area (Å²) in [6.07, 6.45) is 5.08. The molecular weight excluding hydrogens is 597 g/mol. The van der Waals surface area contributed by atoms with Crippen LogP contribution >= 0.6 is 23.2 Å². The van der Waals surface area contributed by atoms with Gasteiger partial charge < -0.3 is 15.0 Å². The molecule has 1 saturated carbocycles. The fraction of sp³-hybridized carbons (Fsp3) is 0.355. The summed E-state index contributed by atoms with van der Waals surface area (Å²) in [5.74, 6) is -0.547. The van der Waals surface area contributed by atoms with Crippen molar-refractivity contribution < 1.29 is 22.7 Å². The van der Waals surface area contributed by atoms with E-state index >= 15 is 0 Å². The van der Waals surface area contributed by atoms with Crippen LogP contribution in [0.3, 0.4) is 0 Å². The number of para-hydroxylation sites is 2. The third kappa shape index (κ3) is 8.18. The minimum atomic E-state index is -3.92. The number of methoxy groups -OCH3 is 1. The molecule has 1 N–H and O–H groups in total. The average molecular weight is 633 g/mol. The number of nitrogens with one attached hydrogen (secondary N) is 1. The van der Waals surface area contributed by atoms with E-state index in [0.29, 0.717) is 21.4 Å². The van der Waals surface area contributed by atoms with Crippen molar-refractivity contribution in [1.82, 2.24) is 10.2 Å². The Morgan fingerprint density at radius 3 is 2.26 bits per heavy atom. The number of carbonyl (C=O) groups excluding carboxylic acids is 2. The molecule has 42 heavy (non-hydrogen) atoms. The number of benzene rings is 3. The van der Waals surface area contributed by atoms with Gasteiger partial charge in [0.2, 0.25) is 21.8 Å². The molecule has 0 aliphatic heterocycles. The molecule has 0 unspecified atom stereocenters. The van der Waals surface area contributed by atoms with E-state index in [-0.39, 0.29) is 30.6 Å². The van der Waals surface area contributed by atoms with E-state index in [1.807, 2.05) is 30.3 Å². The molecule has 4 rings (SSSR count). The first-order chi connectivity index (χ1) is 20.1. The van der Waals surface area contributed by atoms with Crippen LogP contribution in [0, 0.1) is 0 Å². The summed E-state index contributed by atoms with van der Waals surface area (Å²) in [7, 11) is -2.49. The molecule has 11 heteroatoms. The van der Waals surface area contributed by atoms with Gasteiger partial charge in [-0.15, -0.1) is 0 Å². The molecule has 0 radical (unpaired) electrons. The van der Waals surface area contributed by atoms with E-state index < -0.39 is 28.5 Å². The molecule has 1 fully saturated rings. The number of rotatable bonds is 12. The Balaban J connectivity index is 1.75. The SMILES string of the molecule is COc1ccccc1N(CC(=O)N(Cc1ccc(Cl)c(Cl)c1)[C@H](Cc1ccccc1)C(=O)NC1CCCC1)S(C)(=O)=O. The first kappa shape index (κ1) is 31.7. The maximum absolute atomic E-state index is 14.2. The average Bonchev–Trinajstić information content (AvgIpc) is 3.48. The minimum absolute atomic E-state index is 0.00877. The van der Waals surface area contributed by atoms with Crippen molar-refractivity contribution >= 4 is 50.7 Å². The molecule has 3 aromatic rings. The number of amides is 2. The standard InChI is InChI=1S/C31H35Cl2N3O5S/c1-41-29-15-9-8-14-27(29)36(42(2,39)40)21-30(37)35(20-23-16-17-25(32)26(33)18-23)28(19-22-10-4-3-5-11-22)31(38)34-24-12-6-7-13-24/h3-5,8-11,14-18,24,28H,6-7,12-13,19-21H2,1-2H3,(H,34,38)/t28-/m1/s1. The van der Waals surface area contributed by atoms with Crippen molar-refractivity contribution in [2.24, 2.45) is 0 Å². The van der Waals surface area contributed by atoms with Crippen molar-refractivity contribution in [1.29, 1.82) is 0 Å². The normalized spacial score (nSPS) is 14.3. The van der Waals surface area contributed by atoms with Crippen LogP contribution in [0.15, 0.2) is 72.8 Å². The zero-order valence-electron chi connectivity index (χ0n) is 23.6. The van der Waals surface area contributed by atoms with Crippen molar-refractivity contribution in [2.75, 3.05) is 24.2 Å². The first-order valence-corrected chi connectivity index (χ1v) is 16.4. The van der Waals surface area contributed by atoms with Crippen LogP contribution in [-0.2, 0) is 32.6 Å². The minimum Gasteiger partial charge on any atom is -0.495 e. The van der Waals surface area contributed by atoms with Gasteiger partial charge in [0.1, 0.15) is 18.3 Å². The maximum Gasteiger partial charge on any atom is 0.244 e. The zero-order valence-corrected chi connectivity index (χ0v) is 26.0. The van der Waals surface area contributed by atoms with Gasteiger partial charge in [0, 0.05) is 19.0 Å². The predicted octanol–water partition coefficient (Wildman–Crippen LogP) is 5.47. The van der Waals surface area contributed by atoms with Crippen LogP contribution in [0.4, 0.5) is 5.69 Å². The summed E-state index contributed by atoms with van der Waals surface area (Å²) in [5, 5.41) is 3.81. The van der Waals surface area contributed by atoms with Gasteiger partial charge in [-0.1, -0.05) is 84.6 Å². The quantitative estimate of drug-likeness (QED) is 0.286. The highest BCUT2D eigenvalue weighted by Gasteiger charge is 2.34. The van der Waals surface area contributed by atoms with E-state index in [2.05, 4.69) is 5.32 Å². The van der Waals surface area contributed by atoms with E-state index in [9.17, 15) is 18.0 Å². The summed E-state index contributed by atoms with van der Waals surface area (Å²) in [5.41, 5.74) is 1.73. The molecule has 0 saturated heterocycles. The number of halogens is 2. The molecule has 0 spiro atoms. The Labute approximate surface area is 257 Å². The van der Waals surface area contributed by atoms with Crippen LogP contribution in [0.25, 0.3) is 0 Å². The third-order valence-electron chi connectivity index (χ3n) is 7.34. The Morgan fingerprint density at radius 1 is 0.952 bits per heavy atom. The second-order valence-corrected chi connectivity index (χ2v) is 13.1.